The van der Waals surface area contributed by atoms with Gasteiger partial charge in [0.15, 0.2) is 6.61 Å². The molecule has 1 heterocycles. The van der Waals surface area contributed by atoms with Gasteiger partial charge in [-0.15, -0.1) is 0 Å². The fraction of sp³-hybridized carbons (Fsp3) is 0.533. The van der Waals surface area contributed by atoms with Crippen molar-refractivity contribution < 1.29 is 9.53 Å². The molecular formula is C15H20N2O2. The summed E-state index contributed by atoms with van der Waals surface area (Å²) in [6.07, 6.45) is 3.73. The van der Waals surface area contributed by atoms with Gasteiger partial charge < -0.3 is 15.8 Å². The topological polar surface area (TPSA) is 64.3 Å². The lowest BCUT2D eigenvalue weighted by Gasteiger charge is -2.25. The number of anilines is 1. The van der Waals surface area contributed by atoms with E-state index in [0.717, 1.165) is 17.0 Å². The van der Waals surface area contributed by atoms with Crippen molar-refractivity contribution in [2.24, 2.45) is 17.6 Å². The van der Waals surface area contributed by atoms with Gasteiger partial charge in [0.05, 0.1) is 5.69 Å². The van der Waals surface area contributed by atoms with E-state index < -0.39 is 0 Å². The Morgan fingerprint density at radius 3 is 3.00 bits per heavy atom. The molecule has 1 amide bonds. The molecule has 102 valence electrons. The highest BCUT2D eigenvalue weighted by Crippen LogP contribution is 2.40. The second kappa shape index (κ2) is 4.85. The van der Waals surface area contributed by atoms with Gasteiger partial charge in [0.2, 0.25) is 0 Å². The second-order valence-electron chi connectivity index (χ2n) is 5.69. The van der Waals surface area contributed by atoms with Gasteiger partial charge in [-0.2, -0.15) is 0 Å². The van der Waals surface area contributed by atoms with E-state index in [1.807, 2.05) is 18.2 Å². The molecule has 0 radical (unpaired) electrons. The molecular weight excluding hydrogens is 240 g/mol. The van der Waals surface area contributed by atoms with Crippen molar-refractivity contribution in [2.75, 3.05) is 11.9 Å². The maximum absolute atomic E-state index is 11.3. The number of fused-ring (bicyclic) bond motifs is 1. The predicted octanol–water partition coefficient (Wildman–Crippen LogP) is 2.45. The third-order valence-electron chi connectivity index (χ3n) is 4.41. The van der Waals surface area contributed by atoms with E-state index in [2.05, 4.69) is 12.2 Å². The average molecular weight is 260 g/mol. The number of carbonyl (C=O) groups is 1. The van der Waals surface area contributed by atoms with Crippen LogP contribution in [0.25, 0.3) is 0 Å². The number of hydrogen-bond acceptors (Lipinski definition) is 3. The van der Waals surface area contributed by atoms with Crippen LogP contribution in [-0.4, -0.2) is 12.5 Å². The van der Waals surface area contributed by atoms with Crippen molar-refractivity contribution in [1.29, 1.82) is 0 Å². The standard InChI is InChI=1S/C15H20N2O2/c1-9-3-2-4-11(9)15(16)10-5-6-13-12(7-10)17-14(18)8-19-13/h5-7,9,11,15H,2-4,8,16H2,1H3,(H,17,18). The molecule has 1 fully saturated rings. The molecule has 4 heteroatoms. The van der Waals surface area contributed by atoms with Crippen LogP contribution in [0, 0.1) is 11.8 Å². The van der Waals surface area contributed by atoms with Crippen LogP contribution >= 0.6 is 0 Å². The fourth-order valence-electron chi connectivity index (χ4n) is 3.26. The number of hydrogen-bond donors (Lipinski definition) is 2. The molecule has 0 saturated heterocycles. The molecule has 4 nitrogen and oxygen atoms in total. The van der Waals surface area contributed by atoms with Crippen molar-refractivity contribution in [2.45, 2.75) is 32.2 Å². The highest BCUT2D eigenvalue weighted by atomic mass is 16.5. The number of ether oxygens (including phenoxy) is 1. The zero-order chi connectivity index (χ0) is 13.4. The Morgan fingerprint density at radius 2 is 2.26 bits per heavy atom. The maximum Gasteiger partial charge on any atom is 0.262 e. The molecule has 3 N–H and O–H groups in total. The van der Waals surface area contributed by atoms with E-state index in [1.165, 1.54) is 19.3 Å². The van der Waals surface area contributed by atoms with E-state index in [9.17, 15) is 4.79 Å². The van der Waals surface area contributed by atoms with Crippen molar-refractivity contribution in [1.82, 2.24) is 0 Å². The zero-order valence-corrected chi connectivity index (χ0v) is 11.2. The quantitative estimate of drug-likeness (QED) is 0.858. The number of nitrogens with one attached hydrogen (secondary N) is 1. The van der Waals surface area contributed by atoms with E-state index in [-0.39, 0.29) is 18.6 Å². The summed E-state index contributed by atoms with van der Waals surface area (Å²) in [4.78, 5) is 11.3. The van der Waals surface area contributed by atoms with Gasteiger partial charge >= 0.3 is 0 Å². The van der Waals surface area contributed by atoms with E-state index in [4.69, 9.17) is 10.5 Å². The first-order valence-electron chi connectivity index (χ1n) is 6.97. The third-order valence-corrected chi connectivity index (χ3v) is 4.41. The van der Waals surface area contributed by atoms with Crippen LogP contribution in [-0.2, 0) is 4.79 Å². The number of amides is 1. The monoisotopic (exact) mass is 260 g/mol. The van der Waals surface area contributed by atoms with Crippen LogP contribution in [0.1, 0.15) is 37.8 Å². The summed E-state index contributed by atoms with van der Waals surface area (Å²) in [5.74, 6) is 1.85. The molecule has 3 atom stereocenters. The zero-order valence-electron chi connectivity index (χ0n) is 11.2. The SMILES string of the molecule is CC1CCCC1C(N)c1ccc2c(c1)NC(=O)CO2. The number of nitrogens with two attached hydrogens (primary N) is 1. The van der Waals surface area contributed by atoms with Gasteiger partial charge in [-0.1, -0.05) is 25.8 Å². The molecule has 0 aromatic heterocycles. The Hall–Kier alpha value is -1.55. The van der Waals surface area contributed by atoms with Crippen LogP contribution < -0.4 is 15.8 Å². The van der Waals surface area contributed by atoms with Gasteiger partial charge in [0.1, 0.15) is 5.75 Å². The number of rotatable bonds is 2. The van der Waals surface area contributed by atoms with Gasteiger partial charge in [-0.25, -0.2) is 0 Å². The van der Waals surface area contributed by atoms with Crippen LogP contribution in [0.15, 0.2) is 18.2 Å². The average Bonchev–Trinajstić information content (AvgIpc) is 2.83. The maximum atomic E-state index is 11.3. The van der Waals surface area contributed by atoms with Crippen molar-refractivity contribution in [3.05, 3.63) is 23.8 Å². The smallest absolute Gasteiger partial charge is 0.262 e. The third kappa shape index (κ3) is 2.32. The fourth-order valence-corrected chi connectivity index (χ4v) is 3.26. The molecule has 19 heavy (non-hydrogen) atoms. The second-order valence-corrected chi connectivity index (χ2v) is 5.69. The molecule has 0 spiro atoms. The largest absolute Gasteiger partial charge is 0.482 e. The van der Waals surface area contributed by atoms with Crippen LogP contribution in [0.4, 0.5) is 5.69 Å². The van der Waals surface area contributed by atoms with Crippen molar-refractivity contribution >= 4 is 11.6 Å². The normalized spacial score (nSPS) is 27.4. The molecule has 1 aromatic rings. The van der Waals surface area contributed by atoms with E-state index in [1.54, 1.807) is 0 Å². The summed E-state index contributed by atoms with van der Waals surface area (Å²) in [6.45, 7) is 2.37. The molecule has 1 aromatic carbocycles. The van der Waals surface area contributed by atoms with Gasteiger partial charge in [0.25, 0.3) is 5.91 Å². The highest BCUT2D eigenvalue weighted by Gasteiger charge is 2.30. The summed E-state index contributed by atoms with van der Waals surface area (Å²) in [7, 11) is 0. The van der Waals surface area contributed by atoms with Crippen LogP contribution in [0.5, 0.6) is 5.75 Å². The van der Waals surface area contributed by atoms with Gasteiger partial charge in [0, 0.05) is 6.04 Å². The minimum Gasteiger partial charge on any atom is -0.482 e. The first-order valence-corrected chi connectivity index (χ1v) is 6.97. The Balaban J connectivity index is 1.85. The Bertz CT molecular complexity index is 501. The Labute approximate surface area is 113 Å². The molecule has 1 aliphatic carbocycles. The lowest BCUT2D eigenvalue weighted by atomic mass is 9.86. The minimum atomic E-state index is -0.104. The first-order chi connectivity index (χ1) is 9.15. The number of carbonyl (C=O) groups excluding carboxylic acids is 1. The van der Waals surface area contributed by atoms with Crippen molar-refractivity contribution in [3.8, 4) is 5.75 Å². The van der Waals surface area contributed by atoms with Crippen LogP contribution in [0.3, 0.4) is 0 Å². The first kappa shape index (κ1) is 12.5. The van der Waals surface area contributed by atoms with E-state index >= 15 is 0 Å². The summed E-state index contributed by atoms with van der Waals surface area (Å²) >= 11 is 0. The van der Waals surface area contributed by atoms with Gasteiger partial charge in [-0.3, -0.25) is 4.79 Å². The molecule has 0 bridgehead atoms. The Morgan fingerprint density at radius 1 is 1.42 bits per heavy atom. The molecule has 3 unspecified atom stereocenters. The molecule has 1 aliphatic heterocycles. The summed E-state index contributed by atoms with van der Waals surface area (Å²) in [5, 5.41) is 2.84. The highest BCUT2D eigenvalue weighted by molar-refractivity contribution is 5.95. The Kier molecular flexibility index (Phi) is 3.19. The van der Waals surface area contributed by atoms with Crippen LogP contribution in [0.2, 0.25) is 0 Å². The number of benzene rings is 1. The van der Waals surface area contributed by atoms with Crippen molar-refractivity contribution in [3.63, 3.8) is 0 Å². The molecule has 3 rings (SSSR count). The van der Waals surface area contributed by atoms with Gasteiger partial charge in [-0.05, 0) is 36.0 Å². The lowest BCUT2D eigenvalue weighted by Crippen LogP contribution is -2.27. The minimum absolute atomic E-state index is 0.0432. The predicted molar refractivity (Wildman–Crippen MR) is 74.0 cm³/mol. The lowest BCUT2D eigenvalue weighted by molar-refractivity contribution is -0.118. The summed E-state index contributed by atoms with van der Waals surface area (Å²) in [5.41, 5.74) is 8.24. The molecule has 2 aliphatic rings. The van der Waals surface area contributed by atoms with E-state index in [0.29, 0.717) is 11.8 Å². The summed E-state index contributed by atoms with van der Waals surface area (Å²) < 4.78 is 5.36. The summed E-state index contributed by atoms with van der Waals surface area (Å²) in [6, 6.07) is 5.93. The molecule has 1 saturated carbocycles.